The molecule has 2 N–H and O–H groups in total. The largest absolute Gasteiger partial charge is 0.347 e. The Hall–Kier alpha value is -0.200. The summed E-state index contributed by atoms with van der Waals surface area (Å²) in [5, 5.41) is 0. The lowest BCUT2D eigenvalue weighted by Crippen LogP contribution is -2.58. The van der Waals surface area contributed by atoms with Gasteiger partial charge in [-0.25, -0.2) is 0 Å². The smallest absolute Gasteiger partial charge is 0.170 e. The number of nitrogens with zero attached hydrogens (tertiary/aromatic N) is 2. The number of likely N-dealkylation sites (tertiary alicyclic amines) is 1. The highest BCUT2D eigenvalue weighted by molar-refractivity contribution is 4.96. The minimum absolute atomic E-state index is 0.248. The molecule has 1 aliphatic carbocycles. The van der Waals surface area contributed by atoms with Gasteiger partial charge in [-0.05, 0) is 46.4 Å². The lowest BCUT2D eigenvalue weighted by Gasteiger charge is -2.47. The van der Waals surface area contributed by atoms with Gasteiger partial charge in [0.2, 0.25) is 0 Å². The lowest BCUT2D eigenvalue weighted by atomic mass is 9.84. The van der Waals surface area contributed by atoms with Crippen molar-refractivity contribution in [3.05, 3.63) is 0 Å². The second kappa shape index (κ2) is 5.89. The van der Waals surface area contributed by atoms with Crippen LogP contribution in [0.5, 0.6) is 0 Å². The Morgan fingerprint density at radius 3 is 2.45 bits per heavy atom. The van der Waals surface area contributed by atoms with Crippen LogP contribution in [0.2, 0.25) is 0 Å². The van der Waals surface area contributed by atoms with Crippen molar-refractivity contribution in [2.45, 2.75) is 56.0 Å². The highest BCUT2D eigenvalue weighted by Crippen LogP contribution is 2.38. The van der Waals surface area contributed by atoms with Gasteiger partial charge in [0.05, 0.1) is 13.2 Å². The molecule has 0 aromatic rings. The maximum absolute atomic E-state index is 6.40. The molecule has 3 aliphatic rings. The molecule has 0 aromatic heterocycles. The predicted octanol–water partition coefficient (Wildman–Crippen LogP) is 0.635. The van der Waals surface area contributed by atoms with E-state index in [1.54, 1.807) is 0 Å². The summed E-state index contributed by atoms with van der Waals surface area (Å²) in [4.78, 5) is 4.93. The summed E-state index contributed by atoms with van der Waals surface area (Å²) < 4.78 is 11.8. The fourth-order valence-corrected chi connectivity index (χ4v) is 4.03. The van der Waals surface area contributed by atoms with E-state index in [0.717, 1.165) is 32.5 Å². The fraction of sp³-hybridized carbons (Fsp3) is 1.00. The molecular formula is C15H29N3O2. The minimum Gasteiger partial charge on any atom is -0.347 e. The standard InChI is InChI=1S/C15H29N3O2/c1-17-7-4-12(5-8-17)18(2)14-11-15(6-3-13(14)16)19-9-10-20-15/h12-14H,3-11,16H2,1-2H3. The Balaban J connectivity index is 1.64. The normalized spacial score (nSPS) is 36.0. The van der Waals surface area contributed by atoms with E-state index in [4.69, 9.17) is 15.2 Å². The topological polar surface area (TPSA) is 51.0 Å². The first-order valence-electron chi connectivity index (χ1n) is 8.04. The van der Waals surface area contributed by atoms with E-state index in [-0.39, 0.29) is 11.8 Å². The Labute approximate surface area is 122 Å². The summed E-state index contributed by atoms with van der Waals surface area (Å²) in [6.07, 6.45) is 5.36. The molecule has 2 heterocycles. The quantitative estimate of drug-likeness (QED) is 0.806. The zero-order valence-electron chi connectivity index (χ0n) is 12.9. The lowest BCUT2D eigenvalue weighted by molar-refractivity contribution is -0.193. The molecule has 1 saturated carbocycles. The van der Waals surface area contributed by atoms with Gasteiger partial charge in [-0.3, -0.25) is 4.90 Å². The van der Waals surface area contributed by atoms with E-state index in [2.05, 4.69) is 23.9 Å². The van der Waals surface area contributed by atoms with E-state index in [9.17, 15) is 0 Å². The van der Waals surface area contributed by atoms with Crippen molar-refractivity contribution in [2.75, 3.05) is 40.4 Å². The Morgan fingerprint density at radius 2 is 1.80 bits per heavy atom. The average Bonchev–Trinajstić information content (AvgIpc) is 2.90. The average molecular weight is 283 g/mol. The number of ether oxygens (including phenoxy) is 2. The maximum Gasteiger partial charge on any atom is 0.170 e. The molecule has 0 radical (unpaired) electrons. The molecule has 2 aliphatic heterocycles. The van der Waals surface area contributed by atoms with Crippen LogP contribution < -0.4 is 5.73 Å². The van der Waals surface area contributed by atoms with Gasteiger partial charge in [0.25, 0.3) is 0 Å². The molecule has 0 amide bonds. The monoisotopic (exact) mass is 283 g/mol. The molecule has 0 aromatic carbocycles. The molecule has 2 unspecified atom stereocenters. The molecule has 3 fully saturated rings. The highest BCUT2D eigenvalue weighted by Gasteiger charge is 2.46. The first-order valence-corrected chi connectivity index (χ1v) is 8.04. The van der Waals surface area contributed by atoms with Crippen LogP contribution in [0, 0.1) is 0 Å². The SMILES string of the molecule is CN1CCC(N(C)C2CC3(CCC2N)OCCO3)CC1. The van der Waals surface area contributed by atoms with Crippen molar-refractivity contribution in [1.29, 1.82) is 0 Å². The van der Waals surface area contributed by atoms with E-state index < -0.39 is 0 Å². The van der Waals surface area contributed by atoms with Crippen molar-refractivity contribution in [3.8, 4) is 0 Å². The third-order valence-corrected chi connectivity index (χ3v) is 5.47. The summed E-state index contributed by atoms with van der Waals surface area (Å²) in [6, 6.07) is 1.28. The molecule has 2 atom stereocenters. The van der Waals surface area contributed by atoms with E-state index in [0.29, 0.717) is 12.1 Å². The van der Waals surface area contributed by atoms with E-state index in [1.165, 1.54) is 25.9 Å². The van der Waals surface area contributed by atoms with Gasteiger partial charge >= 0.3 is 0 Å². The predicted molar refractivity (Wildman–Crippen MR) is 78.5 cm³/mol. The summed E-state index contributed by atoms with van der Waals surface area (Å²) in [7, 11) is 4.45. The maximum atomic E-state index is 6.40. The number of nitrogens with two attached hydrogens (primary N) is 1. The number of rotatable bonds is 2. The van der Waals surface area contributed by atoms with Crippen LogP contribution in [0.4, 0.5) is 0 Å². The molecule has 116 valence electrons. The molecule has 0 bridgehead atoms. The summed E-state index contributed by atoms with van der Waals surface area (Å²) >= 11 is 0. The van der Waals surface area contributed by atoms with Crippen molar-refractivity contribution < 1.29 is 9.47 Å². The van der Waals surface area contributed by atoms with Crippen LogP contribution in [0.25, 0.3) is 0 Å². The van der Waals surface area contributed by atoms with Crippen LogP contribution in [0.15, 0.2) is 0 Å². The van der Waals surface area contributed by atoms with Crippen molar-refractivity contribution in [2.24, 2.45) is 5.73 Å². The second-order valence-electron chi connectivity index (χ2n) is 6.78. The Morgan fingerprint density at radius 1 is 1.15 bits per heavy atom. The van der Waals surface area contributed by atoms with Crippen molar-refractivity contribution in [3.63, 3.8) is 0 Å². The molecule has 5 nitrogen and oxygen atoms in total. The van der Waals surface area contributed by atoms with Crippen LogP contribution in [-0.4, -0.2) is 74.1 Å². The fourth-order valence-electron chi connectivity index (χ4n) is 4.03. The molecular weight excluding hydrogens is 254 g/mol. The van der Waals surface area contributed by atoms with Gasteiger partial charge < -0.3 is 20.1 Å². The third-order valence-electron chi connectivity index (χ3n) is 5.47. The summed E-state index contributed by atoms with van der Waals surface area (Å²) in [5.41, 5.74) is 6.40. The van der Waals surface area contributed by atoms with E-state index >= 15 is 0 Å². The van der Waals surface area contributed by atoms with Crippen molar-refractivity contribution >= 4 is 0 Å². The summed E-state index contributed by atoms with van der Waals surface area (Å²) in [5.74, 6) is -0.333. The zero-order chi connectivity index (χ0) is 14.2. The number of hydrogen-bond acceptors (Lipinski definition) is 5. The van der Waals surface area contributed by atoms with Gasteiger partial charge in [0.1, 0.15) is 0 Å². The molecule has 3 rings (SSSR count). The molecule has 1 spiro atoms. The van der Waals surface area contributed by atoms with Gasteiger partial charge in [0, 0.05) is 31.0 Å². The number of piperidine rings is 1. The molecule has 2 saturated heterocycles. The minimum atomic E-state index is -0.333. The summed E-state index contributed by atoms with van der Waals surface area (Å²) in [6.45, 7) is 3.85. The van der Waals surface area contributed by atoms with Gasteiger partial charge in [-0.1, -0.05) is 0 Å². The van der Waals surface area contributed by atoms with E-state index in [1.807, 2.05) is 0 Å². The van der Waals surface area contributed by atoms with Gasteiger partial charge in [-0.15, -0.1) is 0 Å². The molecule has 5 heteroatoms. The van der Waals surface area contributed by atoms with Crippen LogP contribution in [0.1, 0.15) is 32.1 Å². The van der Waals surface area contributed by atoms with Crippen LogP contribution >= 0.6 is 0 Å². The molecule has 20 heavy (non-hydrogen) atoms. The second-order valence-corrected chi connectivity index (χ2v) is 6.78. The Kier molecular flexibility index (Phi) is 4.34. The number of hydrogen-bond donors (Lipinski definition) is 1. The third kappa shape index (κ3) is 2.88. The Bertz CT molecular complexity index is 325. The number of likely N-dealkylation sites (N-methyl/N-ethyl adjacent to an activating group) is 1. The van der Waals surface area contributed by atoms with Gasteiger partial charge in [-0.2, -0.15) is 0 Å². The first kappa shape index (κ1) is 14.7. The first-order chi connectivity index (χ1) is 9.60. The highest BCUT2D eigenvalue weighted by atomic mass is 16.7. The van der Waals surface area contributed by atoms with Crippen LogP contribution in [-0.2, 0) is 9.47 Å². The van der Waals surface area contributed by atoms with Gasteiger partial charge in [0.15, 0.2) is 5.79 Å². The van der Waals surface area contributed by atoms with Crippen molar-refractivity contribution in [1.82, 2.24) is 9.80 Å². The van der Waals surface area contributed by atoms with Crippen LogP contribution in [0.3, 0.4) is 0 Å². The zero-order valence-corrected chi connectivity index (χ0v) is 12.9.